The van der Waals surface area contributed by atoms with E-state index in [2.05, 4.69) is 65.8 Å². The number of nitrogens with zero attached hydrogens (tertiary/aromatic N) is 4. The monoisotopic (exact) mass is 529 g/mol. The first-order valence-electron chi connectivity index (χ1n) is 12.1. The van der Waals surface area contributed by atoms with Crippen molar-refractivity contribution in [3.05, 3.63) is 83.8 Å². The van der Waals surface area contributed by atoms with Crippen molar-refractivity contribution in [2.75, 3.05) is 12.9 Å². The molecule has 0 aliphatic heterocycles. The van der Waals surface area contributed by atoms with E-state index in [4.69, 9.17) is 9.15 Å². The van der Waals surface area contributed by atoms with Gasteiger partial charge in [0.1, 0.15) is 11.5 Å². The van der Waals surface area contributed by atoms with Crippen LogP contribution < -0.4 is 10.2 Å². The van der Waals surface area contributed by atoms with Crippen molar-refractivity contribution in [2.45, 2.75) is 38.3 Å². The van der Waals surface area contributed by atoms with Crippen LogP contribution in [0.3, 0.4) is 0 Å². The molecule has 196 valence electrons. The number of hydrazone groups is 1. The predicted octanol–water partition coefficient (Wildman–Crippen LogP) is 6.13. The number of thioether (sulfide) groups is 1. The molecular formula is C29H31N5O3S. The van der Waals surface area contributed by atoms with Crippen LogP contribution in [0.2, 0.25) is 0 Å². The molecule has 0 saturated carbocycles. The first kappa shape index (κ1) is 26.9. The van der Waals surface area contributed by atoms with Gasteiger partial charge in [0.15, 0.2) is 11.0 Å². The van der Waals surface area contributed by atoms with Gasteiger partial charge in [-0.1, -0.05) is 56.8 Å². The lowest BCUT2D eigenvalue weighted by molar-refractivity contribution is -0.118. The Kier molecular flexibility index (Phi) is 8.48. The Balaban J connectivity index is 1.52. The maximum atomic E-state index is 12.5. The van der Waals surface area contributed by atoms with Crippen LogP contribution in [0, 0.1) is 0 Å². The fourth-order valence-electron chi connectivity index (χ4n) is 3.64. The van der Waals surface area contributed by atoms with E-state index in [9.17, 15) is 4.79 Å². The van der Waals surface area contributed by atoms with E-state index in [-0.39, 0.29) is 17.1 Å². The highest BCUT2D eigenvalue weighted by Crippen LogP contribution is 2.30. The highest BCUT2D eigenvalue weighted by molar-refractivity contribution is 7.99. The summed E-state index contributed by atoms with van der Waals surface area (Å²) in [4.78, 5) is 12.5. The highest BCUT2D eigenvalue weighted by Gasteiger charge is 2.19. The molecule has 1 amide bonds. The second-order valence-electron chi connectivity index (χ2n) is 9.65. The van der Waals surface area contributed by atoms with Crippen molar-refractivity contribution >= 4 is 30.0 Å². The molecule has 0 aliphatic rings. The van der Waals surface area contributed by atoms with E-state index >= 15 is 0 Å². The Bertz CT molecular complexity index is 1410. The topological polar surface area (TPSA) is 94.5 Å². The molecule has 4 aromatic rings. The summed E-state index contributed by atoms with van der Waals surface area (Å²) in [6.45, 7) is 8.42. The van der Waals surface area contributed by atoms with E-state index < -0.39 is 0 Å². The summed E-state index contributed by atoms with van der Waals surface area (Å²) in [7, 11) is 1.63. The zero-order chi connectivity index (χ0) is 27.1. The van der Waals surface area contributed by atoms with Gasteiger partial charge in [0.2, 0.25) is 0 Å². The number of furan rings is 1. The number of rotatable bonds is 9. The molecule has 0 spiro atoms. The molecule has 0 saturated heterocycles. The fourth-order valence-corrected chi connectivity index (χ4v) is 4.38. The number of methoxy groups -OCH3 is 1. The molecule has 8 nitrogen and oxygen atoms in total. The van der Waals surface area contributed by atoms with Crippen LogP contribution in [0.1, 0.15) is 39.0 Å². The lowest BCUT2D eigenvalue weighted by Crippen LogP contribution is -2.20. The zero-order valence-corrected chi connectivity index (χ0v) is 23.0. The first-order chi connectivity index (χ1) is 18.2. The van der Waals surface area contributed by atoms with Crippen molar-refractivity contribution in [3.8, 4) is 22.8 Å². The summed E-state index contributed by atoms with van der Waals surface area (Å²) in [5.41, 5.74) is 6.48. The van der Waals surface area contributed by atoms with Crippen LogP contribution >= 0.6 is 11.8 Å². The SMILES string of the molecule is COc1ccc(-n2c(SCC(=O)N/N=C/C(C)=C/c3ccco3)nnc2-c2ccc(C(C)(C)C)cc2)cc1. The van der Waals surface area contributed by atoms with Crippen molar-refractivity contribution in [1.82, 2.24) is 20.2 Å². The molecule has 2 aromatic heterocycles. The standard InChI is InChI=1S/C29H31N5O3S/c1-20(17-25-7-6-16-37-25)18-30-31-26(35)19-38-28-33-32-27(21-8-10-22(11-9-21)29(2,3)4)34(28)23-12-14-24(36-5)15-13-23/h6-18H,19H2,1-5H3,(H,31,35)/b20-17+,30-18+. The Morgan fingerprint density at radius 3 is 2.47 bits per heavy atom. The molecule has 9 heteroatoms. The fraction of sp³-hybridized carbons (Fsp3) is 0.241. The van der Waals surface area contributed by atoms with Gasteiger partial charge in [0.05, 0.1) is 25.3 Å². The summed E-state index contributed by atoms with van der Waals surface area (Å²) in [6.07, 6.45) is 5.01. The number of ether oxygens (including phenoxy) is 1. The van der Waals surface area contributed by atoms with Crippen molar-refractivity contribution in [2.24, 2.45) is 5.10 Å². The second kappa shape index (κ2) is 12.0. The van der Waals surface area contributed by atoms with Crippen LogP contribution in [0.15, 0.2) is 87.2 Å². The minimum absolute atomic E-state index is 0.0478. The van der Waals surface area contributed by atoms with Crippen LogP contribution in [0.25, 0.3) is 23.2 Å². The van der Waals surface area contributed by atoms with Gasteiger partial charge in [-0.2, -0.15) is 5.10 Å². The predicted molar refractivity (Wildman–Crippen MR) is 152 cm³/mol. The van der Waals surface area contributed by atoms with E-state index in [0.29, 0.717) is 11.0 Å². The van der Waals surface area contributed by atoms with E-state index in [1.165, 1.54) is 17.3 Å². The van der Waals surface area contributed by atoms with Gasteiger partial charge < -0.3 is 9.15 Å². The maximum absolute atomic E-state index is 12.5. The molecule has 0 fully saturated rings. The highest BCUT2D eigenvalue weighted by atomic mass is 32.2. The second-order valence-corrected chi connectivity index (χ2v) is 10.6. The quantitative estimate of drug-likeness (QED) is 0.159. The summed E-state index contributed by atoms with van der Waals surface area (Å²) in [6, 6.07) is 19.6. The smallest absolute Gasteiger partial charge is 0.250 e. The minimum atomic E-state index is -0.252. The molecule has 2 heterocycles. The number of benzene rings is 2. The molecule has 0 atom stereocenters. The number of nitrogens with one attached hydrogen (secondary N) is 1. The maximum Gasteiger partial charge on any atom is 0.250 e. The average Bonchev–Trinajstić information content (AvgIpc) is 3.57. The van der Waals surface area contributed by atoms with Gasteiger partial charge in [-0.05, 0) is 65.9 Å². The Morgan fingerprint density at radius 1 is 1.11 bits per heavy atom. The van der Waals surface area contributed by atoms with Crippen LogP contribution in [-0.2, 0) is 10.2 Å². The Morgan fingerprint density at radius 2 is 1.84 bits per heavy atom. The first-order valence-corrected chi connectivity index (χ1v) is 13.1. The van der Waals surface area contributed by atoms with E-state index in [0.717, 1.165) is 28.3 Å². The lowest BCUT2D eigenvalue weighted by atomic mass is 9.87. The van der Waals surface area contributed by atoms with Crippen LogP contribution in [-0.4, -0.2) is 39.7 Å². The molecule has 0 radical (unpaired) electrons. The number of hydrogen-bond acceptors (Lipinski definition) is 7. The summed E-state index contributed by atoms with van der Waals surface area (Å²) < 4.78 is 12.5. The Hall–Kier alpha value is -4.11. The number of carbonyl (C=O) groups is 1. The average molecular weight is 530 g/mol. The summed E-state index contributed by atoms with van der Waals surface area (Å²) in [5.74, 6) is 2.03. The zero-order valence-electron chi connectivity index (χ0n) is 22.1. The van der Waals surface area contributed by atoms with Crippen molar-refractivity contribution < 1.29 is 13.9 Å². The number of amides is 1. The molecule has 4 rings (SSSR count). The molecule has 1 N–H and O–H groups in total. The van der Waals surface area contributed by atoms with Crippen LogP contribution in [0.5, 0.6) is 5.75 Å². The van der Waals surface area contributed by atoms with Crippen molar-refractivity contribution in [3.63, 3.8) is 0 Å². The summed E-state index contributed by atoms with van der Waals surface area (Å²) >= 11 is 1.29. The molecule has 0 unspecified atom stereocenters. The third-order valence-corrected chi connectivity index (χ3v) is 6.60. The van der Waals surface area contributed by atoms with Gasteiger partial charge in [-0.25, -0.2) is 5.43 Å². The van der Waals surface area contributed by atoms with Gasteiger partial charge in [-0.3, -0.25) is 9.36 Å². The largest absolute Gasteiger partial charge is 0.497 e. The number of carbonyl (C=O) groups excluding carboxylic acids is 1. The normalized spacial score (nSPS) is 12.2. The lowest BCUT2D eigenvalue weighted by Gasteiger charge is -2.19. The van der Waals surface area contributed by atoms with Gasteiger partial charge in [0.25, 0.3) is 5.91 Å². The molecule has 2 aromatic carbocycles. The number of aromatic nitrogens is 3. The van der Waals surface area contributed by atoms with Crippen LogP contribution in [0.4, 0.5) is 0 Å². The van der Waals surface area contributed by atoms with Gasteiger partial charge in [-0.15, -0.1) is 10.2 Å². The van der Waals surface area contributed by atoms with E-state index in [1.54, 1.807) is 19.6 Å². The third kappa shape index (κ3) is 6.80. The third-order valence-electron chi connectivity index (χ3n) is 5.68. The minimum Gasteiger partial charge on any atom is -0.497 e. The summed E-state index contributed by atoms with van der Waals surface area (Å²) in [5, 5.41) is 13.5. The molecule has 38 heavy (non-hydrogen) atoms. The van der Waals surface area contributed by atoms with Gasteiger partial charge in [0, 0.05) is 11.3 Å². The molecular weight excluding hydrogens is 498 g/mol. The Labute approximate surface area is 226 Å². The van der Waals surface area contributed by atoms with E-state index in [1.807, 2.05) is 54.0 Å². The van der Waals surface area contributed by atoms with Crippen molar-refractivity contribution in [1.29, 1.82) is 0 Å². The molecule has 0 aliphatic carbocycles. The number of hydrogen-bond donors (Lipinski definition) is 1. The van der Waals surface area contributed by atoms with Gasteiger partial charge >= 0.3 is 0 Å². The molecule has 0 bridgehead atoms. The number of allylic oxidation sites excluding steroid dienone is 1.